The minimum Gasteiger partial charge on any atom is -0.508 e. The van der Waals surface area contributed by atoms with E-state index in [9.17, 15) is 13.9 Å². The highest BCUT2D eigenvalue weighted by atomic mass is 19.1. The van der Waals surface area contributed by atoms with Crippen LogP contribution in [0.15, 0.2) is 60.9 Å². The highest BCUT2D eigenvalue weighted by Crippen LogP contribution is 2.41. The van der Waals surface area contributed by atoms with Gasteiger partial charge in [0.25, 0.3) is 0 Å². The van der Waals surface area contributed by atoms with Gasteiger partial charge in [0.05, 0.1) is 12.9 Å². The van der Waals surface area contributed by atoms with Gasteiger partial charge in [-0.25, -0.2) is 4.39 Å². The van der Waals surface area contributed by atoms with E-state index in [2.05, 4.69) is 9.88 Å². The minimum absolute atomic E-state index is 0.0998. The number of pyridine rings is 1. The van der Waals surface area contributed by atoms with Gasteiger partial charge in [-0.3, -0.25) is 14.3 Å². The zero-order valence-electron chi connectivity index (χ0n) is 19.7. The number of benzene rings is 2. The lowest BCUT2D eigenvalue weighted by molar-refractivity contribution is 0.198. The molecule has 0 radical (unpaired) electrons. The van der Waals surface area contributed by atoms with Crippen LogP contribution in [-0.4, -0.2) is 47.4 Å². The smallest absolute Gasteiger partial charge is 0.148 e. The van der Waals surface area contributed by atoms with Crippen LogP contribution in [0.1, 0.15) is 47.9 Å². The van der Waals surface area contributed by atoms with Crippen LogP contribution in [0.3, 0.4) is 0 Å². The molecule has 35 heavy (non-hydrogen) atoms. The molecule has 1 aliphatic heterocycles. The first-order valence-electron chi connectivity index (χ1n) is 12.3. The zero-order valence-corrected chi connectivity index (χ0v) is 19.7. The summed E-state index contributed by atoms with van der Waals surface area (Å²) < 4.78 is 33.6. The Morgan fingerprint density at radius 1 is 1.06 bits per heavy atom. The second-order valence-electron chi connectivity index (χ2n) is 9.30. The van der Waals surface area contributed by atoms with E-state index in [0.29, 0.717) is 12.0 Å². The molecule has 0 unspecified atom stereocenters. The van der Waals surface area contributed by atoms with Crippen LogP contribution in [0.25, 0.3) is 11.1 Å². The number of likely N-dealkylation sites (tertiary alicyclic amines) is 1. The van der Waals surface area contributed by atoms with Crippen LogP contribution >= 0.6 is 0 Å². The molecule has 0 saturated carbocycles. The van der Waals surface area contributed by atoms with Crippen molar-refractivity contribution in [3.05, 3.63) is 89.0 Å². The second kappa shape index (κ2) is 10.6. The van der Waals surface area contributed by atoms with Crippen molar-refractivity contribution in [3.8, 4) is 11.5 Å². The Balaban J connectivity index is 1.47. The number of phenols is 1. The molecule has 0 amide bonds. The van der Waals surface area contributed by atoms with E-state index < -0.39 is 0 Å². The van der Waals surface area contributed by atoms with E-state index in [1.165, 1.54) is 6.20 Å². The highest BCUT2D eigenvalue weighted by molar-refractivity contribution is 6.00. The van der Waals surface area contributed by atoms with E-state index in [1.54, 1.807) is 18.3 Å². The van der Waals surface area contributed by atoms with Crippen molar-refractivity contribution in [1.29, 1.82) is 0 Å². The molecule has 2 aliphatic rings. The predicted octanol–water partition coefficient (Wildman–Crippen LogP) is 6.03. The van der Waals surface area contributed by atoms with E-state index in [1.807, 2.05) is 36.4 Å². The fourth-order valence-corrected chi connectivity index (χ4v) is 5.27. The maximum absolute atomic E-state index is 14.9. The number of halogens is 2. The summed E-state index contributed by atoms with van der Waals surface area (Å²) in [5, 5.41) is 10.1. The molecule has 1 saturated heterocycles. The average molecular weight is 477 g/mol. The van der Waals surface area contributed by atoms with Gasteiger partial charge in [0, 0.05) is 31.4 Å². The Kier molecular flexibility index (Phi) is 7.09. The Morgan fingerprint density at radius 3 is 2.71 bits per heavy atom. The van der Waals surface area contributed by atoms with Crippen LogP contribution in [0.4, 0.5) is 8.78 Å². The van der Waals surface area contributed by atoms with Crippen molar-refractivity contribution in [2.45, 2.75) is 38.2 Å². The topological polar surface area (TPSA) is 45.6 Å². The standard InChI is InChI=1S/C29H30F2N2O2/c30-13-2-15-33-16-12-24(19-33)35-23-8-5-20(6-9-23)29-25-10-7-22(34)17-21(25)3-1-4-27(29)26-11-14-32-18-28(26)31/h5-11,14,17-18,24,34H,1-4,12-13,15-16,19H2/t24-/m0/s1. The van der Waals surface area contributed by atoms with Crippen molar-refractivity contribution < 1.29 is 18.6 Å². The molecular weight excluding hydrogens is 446 g/mol. The molecular formula is C29H30F2N2O2. The Morgan fingerprint density at radius 2 is 1.91 bits per heavy atom. The van der Waals surface area contributed by atoms with E-state index in [4.69, 9.17) is 4.74 Å². The predicted molar refractivity (Wildman–Crippen MR) is 134 cm³/mol. The molecule has 182 valence electrons. The van der Waals surface area contributed by atoms with Crippen molar-refractivity contribution in [1.82, 2.24) is 9.88 Å². The summed E-state index contributed by atoms with van der Waals surface area (Å²) in [4.78, 5) is 6.18. The van der Waals surface area contributed by atoms with Crippen LogP contribution in [0, 0.1) is 5.82 Å². The largest absolute Gasteiger partial charge is 0.508 e. The first kappa shape index (κ1) is 23.5. The number of nitrogens with zero attached hydrogens (tertiary/aromatic N) is 2. The van der Waals surface area contributed by atoms with E-state index in [-0.39, 0.29) is 24.3 Å². The third kappa shape index (κ3) is 5.22. The number of ether oxygens (including phenoxy) is 1. The maximum Gasteiger partial charge on any atom is 0.148 e. The third-order valence-corrected chi connectivity index (χ3v) is 6.91. The number of aromatic hydroxyl groups is 1. The molecule has 0 bridgehead atoms. The quantitative estimate of drug-likeness (QED) is 0.452. The van der Waals surface area contributed by atoms with E-state index in [0.717, 1.165) is 78.9 Å². The molecule has 0 spiro atoms. The fraction of sp³-hybridized carbons (Fsp3) is 0.345. The van der Waals surface area contributed by atoms with Gasteiger partial charge < -0.3 is 9.84 Å². The van der Waals surface area contributed by atoms with Crippen LogP contribution < -0.4 is 4.74 Å². The number of aryl methyl sites for hydroxylation is 1. The molecule has 2 aromatic carbocycles. The number of alkyl halides is 1. The first-order valence-corrected chi connectivity index (χ1v) is 12.3. The summed E-state index contributed by atoms with van der Waals surface area (Å²) in [6.45, 7) is 2.23. The lowest BCUT2D eigenvalue weighted by Crippen LogP contribution is -2.26. The molecule has 5 rings (SSSR count). The lowest BCUT2D eigenvalue weighted by Gasteiger charge is -2.19. The second-order valence-corrected chi connectivity index (χ2v) is 9.30. The molecule has 3 aromatic rings. The van der Waals surface area contributed by atoms with Gasteiger partial charge in [-0.2, -0.15) is 0 Å². The molecule has 1 fully saturated rings. The van der Waals surface area contributed by atoms with E-state index >= 15 is 0 Å². The molecule has 1 aromatic heterocycles. The lowest BCUT2D eigenvalue weighted by atomic mass is 9.88. The summed E-state index contributed by atoms with van der Waals surface area (Å²) in [5.41, 5.74) is 5.54. The summed E-state index contributed by atoms with van der Waals surface area (Å²) in [5.74, 6) is 0.700. The number of hydrogen-bond donors (Lipinski definition) is 1. The Bertz CT molecular complexity index is 1210. The number of hydrogen-bond acceptors (Lipinski definition) is 4. The maximum atomic E-state index is 14.9. The van der Waals surface area contributed by atoms with Gasteiger partial charge in [0.15, 0.2) is 0 Å². The van der Waals surface area contributed by atoms with Gasteiger partial charge in [0.1, 0.15) is 23.4 Å². The number of phenolic OH excluding ortho intramolecular Hbond substituents is 1. The van der Waals surface area contributed by atoms with Gasteiger partial charge >= 0.3 is 0 Å². The molecule has 1 atom stereocenters. The first-order chi connectivity index (χ1) is 17.1. The van der Waals surface area contributed by atoms with Crippen molar-refractivity contribution in [2.24, 2.45) is 0 Å². The summed E-state index contributed by atoms with van der Waals surface area (Å²) in [6.07, 6.45) is 6.88. The van der Waals surface area contributed by atoms with Crippen molar-refractivity contribution in [3.63, 3.8) is 0 Å². The molecule has 4 nitrogen and oxygen atoms in total. The number of fused-ring (bicyclic) bond motifs is 1. The summed E-state index contributed by atoms with van der Waals surface area (Å²) in [6, 6.07) is 15.2. The number of aromatic nitrogens is 1. The monoisotopic (exact) mass is 476 g/mol. The minimum atomic E-state index is -0.333. The van der Waals surface area contributed by atoms with Crippen LogP contribution in [0.5, 0.6) is 11.5 Å². The summed E-state index contributed by atoms with van der Waals surface area (Å²) in [7, 11) is 0. The molecule has 6 heteroatoms. The Labute approximate surface area is 204 Å². The molecule has 1 N–H and O–H groups in total. The zero-order chi connectivity index (χ0) is 24.2. The fourth-order valence-electron chi connectivity index (χ4n) is 5.27. The van der Waals surface area contributed by atoms with Gasteiger partial charge in [-0.05, 0) is 90.3 Å². The van der Waals surface area contributed by atoms with Crippen molar-refractivity contribution >= 4 is 11.1 Å². The summed E-state index contributed by atoms with van der Waals surface area (Å²) >= 11 is 0. The third-order valence-electron chi connectivity index (χ3n) is 6.91. The Hall–Kier alpha value is -3.25. The van der Waals surface area contributed by atoms with Gasteiger partial charge in [0.2, 0.25) is 0 Å². The molecule has 1 aliphatic carbocycles. The van der Waals surface area contributed by atoms with Crippen molar-refractivity contribution in [2.75, 3.05) is 26.3 Å². The highest BCUT2D eigenvalue weighted by Gasteiger charge is 2.25. The number of allylic oxidation sites excluding steroid dienone is 1. The van der Waals surface area contributed by atoms with Gasteiger partial charge in [-0.1, -0.05) is 18.2 Å². The average Bonchev–Trinajstić information content (AvgIpc) is 3.22. The number of rotatable bonds is 7. The SMILES string of the molecule is Oc1ccc2c(c1)CCCC(c1ccncc1F)=C2c1ccc(O[C@H]2CCN(CCCF)C2)cc1. The normalized spacial score (nSPS) is 18.4. The van der Waals surface area contributed by atoms with Gasteiger partial charge in [-0.15, -0.1) is 0 Å². The molecule has 2 heterocycles. The van der Waals surface area contributed by atoms with Crippen LogP contribution in [-0.2, 0) is 6.42 Å². The van der Waals surface area contributed by atoms with Crippen LogP contribution in [0.2, 0.25) is 0 Å².